The number of halogens is 17. The third kappa shape index (κ3) is 3.14. The fourth-order valence-electron chi connectivity index (χ4n) is 1.26. The van der Waals surface area contributed by atoms with E-state index in [1.54, 1.807) is 0 Å². The van der Waals surface area contributed by atoms with Gasteiger partial charge in [0.1, 0.15) is 0 Å². The van der Waals surface area contributed by atoms with Gasteiger partial charge in [-0.2, -0.15) is 0 Å². The summed E-state index contributed by atoms with van der Waals surface area (Å²) < 4.78 is 232. The van der Waals surface area contributed by atoms with Crippen molar-refractivity contribution in [2.45, 2.75) is 46.5 Å². The van der Waals surface area contributed by atoms with Crippen molar-refractivity contribution in [2.75, 3.05) is 0 Å². The molecule has 0 bridgehead atoms. The van der Waals surface area contributed by atoms with E-state index in [9.17, 15) is 78.5 Å². The van der Waals surface area contributed by atoms with Crippen LogP contribution in [0.2, 0.25) is 0 Å². The van der Waals surface area contributed by atoms with Crippen molar-refractivity contribution in [1.82, 2.24) is 0 Å². The third-order valence-corrected chi connectivity index (χ3v) is 4.37. The first-order valence-corrected chi connectivity index (χ1v) is 7.84. The van der Waals surface area contributed by atoms with E-state index in [1.807, 2.05) is 0 Å². The van der Waals surface area contributed by atoms with Crippen LogP contribution in [0.1, 0.15) is 0 Å². The van der Waals surface area contributed by atoms with Gasteiger partial charge in [-0.3, -0.25) is 0 Å². The van der Waals surface area contributed by atoms with Gasteiger partial charge in [0.15, 0.2) is 0 Å². The van der Waals surface area contributed by atoms with Gasteiger partial charge in [-0.1, -0.05) is 0 Å². The molecule has 1 unspecified atom stereocenters. The average molecular weight is 531 g/mol. The minimum absolute atomic E-state index is 6.59. The molecule has 0 fully saturated rings. The van der Waals surface area contributed by atoms with Crippen molar-refractivity contribution in [3.63, 3.8) is 0 Å². The molecular formula is C8HF17O2Se. The summed E-state index contributed by atoms with van der Waals surface area (Å²) in [7, 11) is 0. The molecule has 0 aromatic heterocycles. The van der Waals surface area contributed by atoms with E-state index in [2.05, 4.69) is 0 Å². The van der Waals surface area contributed by atoms with Crippen molar-refractivity contribution in [2.24, 2.45) is 0 Å². The average Bonchev–Trinajstić information content (AvgIpc) is 2.44. The Labute approximate surface area is 144 Å². The predicted octanol–water partition coefficient (Wildman–Crippen LogP) is 4.45. The van der Waals surface area contributed by atoms with Crippen molar-refractivity contribution in [1.29, 1.82) is 0 Å². The molecule has 1 N–H and O–H groups in total. The molecule has 0 heterocycles. The zero-order valence-electron chi connectivity index (χ0n) is 11.7. The Kier molecular flexibility index (Phi) is 6.33. The molecule has 0 aliphatic carbocycles. The summed E-state index contributed by atoms with van der Waals surface area (Å²) in [5.74, 6) is -50.9. The summed E-state index contributed by atoms with van der Waals surface area (Å²) in [5.41, 5.74) is 0. The second-order valence-corrected chi connectivity index (χ2v) is 6.83. The van der Waals surface area contributed by atoms with E-state index >= 15 is 0 Å². The van der Waals surface area contributed by atoms with Gasteiger partial charge in [0.2, 0.25) is 0 Å². The Bertz CT molecular complexity index is 619. The van der Waals surface area contributed by atoms with Crippen LogP contribution < -0.4 is 0 Å². The molecule has 0 aliphatic heterocycles. The minimum atomic E-state index is -8.74. The van der Waals surface area contributed by atoms with Crippen LogP contribution in [0.4, 0.5) is 74.6 Å². The quantitative estimate of drug-likeness (QED) is 0.390. The molecule has 0 spiro atoms. The summed E-state index contributed by atoms with van der Waals surface area (Å²) in [4.78, 5) is -7.18. The number of rotatable bonds is 7. The van der Waals surface area contributed by atoms with E-state index in [0.717, 1.165) is 0 Å². The van der Waals surface area contributed by atoms with Gasteiger partial charge in [-0.25, -0.2) is 0 Å². The Hall–Kier alpha value is -0.911. The Morgan fingerprint density at radius 2 is 0.643 bits per heavy atom. The molecule has 0 saturated carbocycles. The Balaban J connectivity index is 6.76. The van der Waals surface area contributed by atoms with Crippen LogP contribution in [-0.4, -0.2) is 64.9 Å². The van der Waals surface area contributed by atoms with E-state index in [-0.39, 0.29) is 0 Å². The van der Waals surface area contributed by atoms with E-state index in [0.29, 0.717) is 0 Å². The van der Waals surface area contributed by atoms with Gasteiger partial charge in [-0.15, -0.1) is 0 Å². The number of hydrogen-bond donors (Lipinski definition) is 1. The summed E-state index contributed by atoms with van der Waals surface area (Å²) >= 11 is -6.59. The SMILES string of the molecule is O=[Se](O)C(F)(F)C(F)(F)C(F)(F)C(F)(F)C(F)(F)C(F)(F)C(F)(F)C(F)(F)F. The van der Waals surface area contributed by atoms with Crippen LogP contribution in [0.3, 0.4) is 0 Å². The van der Waals surface area contributed by atoms with Gasteiger partial charge < -0.3 is 0 Å². The van der Waals surface area contributed by atoms with Crippen LogP contribution in [0.25, 0.3) is 0 Å². The maximum atomic E-state index is 13.0. The van der Waals surface area contributed by atoms with Crippen LogP contribution >= 0.6 is 0 Å². The molecule has 0 radical (unpaired) electrons. The number of alkyl halides is 17. The van der Waals surface area contributed by atoms with Gasteiger partial charge in [-0.05, 0) is 0 Å². The summed E-state index contributed by atoms with van der Waals surface area (Å²) in [5, 5.41) is 0. The third-order valence-electron chi connectivity index (χ3n) is 2.91. The fraction of sp³-hybridized carbons (Fsp3) is 1.00. The Morgan fingerprint density at radius 1 is 0.429 bits per heavy atom. The van der Waals surface area contributed by atoms with Crippen molar-refractivity contribution in [3.05, 3.63) is 0 Å². The molecule has 0 saturated heterocycles. The van der Waals surface area contributed by atoms with Gasteiger partial charge in [0.25, 0.3) is 0 Å². The van der Waals surface area contributed by atoms with Crippen molar-refractivity contribution >= 4 is 14.2 Å². The second-order valence-electron chi connectivity index (χ2n) is 4.71. The molecule has 0 amide bonds. The summed E-state index contributed by atoms with van der Waals surface area (Å²) in [6.07, 6.45) is -7.82. The van der Waals surface area contributed by atoms with Crippen LogP contribution in [0.15, 0.2) is 0 Å². The molecule has 0 aromatic carbocycles. The van der Waals surface area contributed by atoms with Crippen molar-refractivity contribution in [3.8, 4) is 0 Å². The normalized spacial score (nSPS) is 17.6. The number of hydrogen-bond acceptors (Lipinski definition) is 1. The molecular weight excluding hydrogens is 530 g/mol. The molecule has 1 atom stereocenters. The predicted molar refractivity (Wildman–Crippen MR) is 49.3 cm³/mol. The molecule has 28 heavy (non-hydrogen) atoms. The fourth-order valence-corrected chi connectivity index (χ4v) is 1.99. The second kappa shape index (κ2) is 6.55. The van der Waals surface area contributed by atoms with Gasteiger partial charge >= 0.3 is 143 Å². The molecule has 170 valence electrons. The maximum absolute atomic E-state index is 13.0. The summed E-state index contributed by atoms with van der Waals surface area (Å²) in [6.45, 7) is 0. The monoisotopic (exact) mass is 532 g/mol. The van der Waals surface area contributed by atoms with E-state index < -0.39 is 60.7 Å². The molecule has 20 heteroatoms. The molecule has 0 aliphatic rings. The van der Waals surface area contributed by atoms with Crippen LogP contribution in [0, 0.1) is 0 Å². The summed E-state index contributed by atoms with van der Waals surface area (Å²) in [6, 6.07) is 0. The standard InChI is InChI=1S/C8HF17O2Se/c9-1(10,3(13,14)5(17,18)7(21,22)23)2(11,12)4(15,16)6(19,20)8(24,25)28(26)27/h(H,26,27). The van der Waals surface area contributed by atoms with Gasteiger partial charge in [0.05, 0.1) is 0 Å². The first-order chi connectivity index (χ1) is 11.7. The first-order valence-electron chi connectivity index (χ1n) is 5.52. The van der Waals surface area contributed by atoms with Crippen molar-refractivity contribution < 1.29 is 82.7 Å². The van der Waals surface area contributed by atoms with E-state index in [4.69, 9.17) is 4.19 Å². The topological polar surface area (TPSA) is 37.3 Å². The van der Waals surface area contributed by atoms with Gasteiger partial charge in [0, 0.05) is 0 Å². The first kappa shape index (κ1) is 27.1. The Morgan fingerprint density at radius 3 is 0.857 bits per heavy atom. The molecule has 0 aromatic rings. The van der Waals surface area contributed by atoms with E-state index in [1.165, 1.54) is 0 Å². The van der Waals surface area contributed by atoms with Crippen LogP contribution in [-0.2, 0) is 3.83 Å². The molecule has 0 rings (SSSR count). The van der Waals surface area contributed by atoms with Crippen LogP contribution in [0.5, 0.6) is 0 Å². The zero-order chi connectivity index (χ0) is 23.6. The molecule has 2 nitrogen and oxygen atoms in total. The zero-order valence-corrected chi connectivity index (χ0v) is 13.4.